The van der Waals surface area contributed by atoms with E-state index in [1.807, 2.05) is 42.5 Å². The summed E-state index contributed by atoms with van der Waals surface area (Å²) < 4.78 is 16.9. The van der Waals surface area contributed by atoms with Gasteiger partial charge in [0.15, 0.2) is 0 Å². The van der Waals surface area contributed by atoms with Gasteiger partial charge in [-0.2, -0.15) is 0 Å². The van der Waals surface area contributed by atoms with Crippen molar-refractivity contribution in [3.8, 4) is 17.1 Å². The molecule has 0 aliphatic carbocycles. The first-order valence-electron chi connectivity index (χ1n) is 10.9. The van der Waals surface area contributed by atoms with Gasteiger partial charge in [0.05, 0.1) is 30.0 Å². The molecule has 0 spiro atoms. The lowest BCUT2D eigenvalue weighted by Crippen LogP contribution is -2.26. The molecule has 0 bridgehead atoms. The number of benzene rings is 1. The van der Waals surface area contributed by atoms with Crippen molar-refractivity contribution < 1.29 is 19.0 Å². The number of hydrogen-bond donors (Lipinski definition) is 0. The van der Waals surface area contributed by atoms with Crippen molar-refractivity contribution in [2.24, 2.45) is 0 Å². The fourth-order valence-electron chi connectivity index (χ4n) is 3.76. The molecule has 33 heavy (non-hydrogen) atoms. The van der Waals surface area contributed by atoms with E-state index < -0.39 is 5.97 Å². The molecule has 1 aliphatic rings. The van der Waals surface area contributed by atoms with Crippen LogP contribution in [0.5, 0.6) is 5.88 Å². The topological polar surface area (TPSA) is 83.4 Å². The Morgan fingerprint density at radius 2 is 1.91 bits per heavy atom. The van der Waals surface area contributed by atoms with Gasteiger partial charge in [-0.1, -0.05) is 18.2 Å². The first-order chi connectivity index (χ1) is 16.3. The number of rotatable bonds is 6. The van der Waals surface area contributed by atoms with Crippen molar-refractivity contribution in [3.63, 3.8) is 0 Å². The lowest BCUT2D eigenvalue weighted by Gasteiger charge is -2.22. The summed E-state index contributed by atoms with van der Waals surface area (Å²) in [5, 5.41) is 0.744. The smallest absolute Gasteiger partial charge is 0.339 e. The quantitative estimate of drug-likeness (QED) is 0.404. The number of nitrogens with zero attached hydrogens (tertiary/aromatic N) is 3. The number of pyridine rings is 3. The number of carbonyl (C=O) groups excluding carboxylic acids is 1. The van der Waals surface area contributed by atoms with Gasteiger partial charge in [-0.15, -0.1) is 0 Å². The van der Waals surface area contributed by atoms with Crippen LogP contribution in [0.3, 0.4) is 0 Å². The van der Waals surface area contributed by atoms with Crippen LogP contribution in [0.15, 0.2) is 73.2 Å². The number of fused-ring (bicyclic) bond motifs is 1. The third-order valence-electron chi connectivity index (χ3n) is 5.52. The summed E-state index contributed by atoms with van der Waals surface area (Å²) >= 11 is 0. The highest BCUT2D eigenvalue weighted by molar-refractivity contribution is 6.04. The van der Waals surface area contributed by atoms with Crippen molar-refractivity contribution >= 4 is 16.9 Å². The molecule has 0 unspecified atom stereocenters. The van der Waals surface area contributed by atoms with Gasteiger partial charge < -0.3 is 14.2 Å². The van der Waals surface area contributed by atoms with Crippen molar-refractivity contribution in [2.75, 3.05) is 13.2 Å². The van der Waals surface area contributed by atoms with E-state index in [4.69, 9.17) is 14.2 Å². The summed E-state index contributed by atoms with van der Waals surface area (Å²) in [4.78, 5) is 26.2. The monoisotopic (exact) mass is 441 g/mol. The molecule has 0 atom stereocenters. The molecular formula is C26H23N3O4. The van der Waals surface area contributed by atoms with Gasteiger partial charge in [-0.3, -0.25) is 4.98 Å². The van der Waals surface area contributed by atoms with E-state index in [9.17, 15) is 4.79 Å². The number of para-hydroxylation sites is 1. The summed E-state index contributed by atoms with van der Waals surface area (Å²) in [6, 6.07) is 16.7. The Morgan fingerprint density at radius 3 is 2.70 bits per heavy atom. The maximum atomic E-state index is 13.0. The molecule has 7 nitrogen and oxygen atoms in total. The van der Waals surface area contributed by atoms with Gasteiger partial charge in [0.1, 0.15) is 12.7 Å². The van der Waals surface area contributed by atoms with Crippen LogP contribution < -0.4 is 4.74 Å². The van der Waals surface area contributed by atoms with Gasteiger partial charge in [-0.05, 0) is 30.3 Å². The Kier molecular flexibility index (Phi) is 6.21. The molecule has 1 fully saturated rings. The predicted octanol–water partition coefficient (Wildman–Crippen LogP) is 4.61. The second-order valence-corrected chi connectivity index (χ2v) is 7.82. The molecular weight excluding hydrogens is 418 g/mol. The number of aromatic nitrogens is 3. The molecule has 1 saturated heterocycles. The second-order valence-electron chi connectivity index (χ2n) is 7.82. The van der Waals surface area contributed by atoms with Gasteiger partial charge in [-0.25, -0.2) is 14.8 Å². The molecule has 4 heterocycles. The van der Waals surface area contributed by atoms with Crippen LogP contribution in [0.2, 0.25) is 0 Å². The van der Waals surface area contributed by atoms with Crippen molar-refractivity contribution in [3.05, 3.63) is 84.3 Å². The van der Waals surface area contributed by atoms with Crippen LogP contribution in [0.4, 0.5) is 0 Å². The van der Waals surface area contributed by atoms with E-state index in [-0.39, 0.29) is 12.7 Å². The Bertz CT molecular complexity index is 1240. The molecule has 3 aromatic heterocycles. The Hall–Kier alpha value is -3.84. The van der Waals surface area contributed by atoms with Gasteiger partial charge in [0.2, 0.25) is 5.88 Å². The normalized spacial score (nSPS) is 14.2. The Morgan fingerprint density at radius 1 is 1.03 bits per heavy atom. The number of ether oxygens (including phenoxy) is 3. The molecule has 5 rings (SSSR count). The standard InChI is InChI=1S/C26H23N3O4/c30-26(32-17-18-7-8-25(28-15-18)33-20-9-12-31-13-10-20)22-14-24(19-4-3-11-27-16-19)29-23-6-2-1-5-21(22)23/h1-8,11,14-16,20H,9-10,12-13,17H2. The highest BCUT2D eigenvalue weighted by atomic mass is 16.5. The van der Waals surface area contributed by atoms with E-state index >= 15 is 0 Å². The summed E-state index contributed by atoms with van der Waals surface area (Å²) in [7, 11) is 0. The van der Waals surface area contributed by atoms with Crippen LogP contribution in [-0.4, -0.2) is 40.2 Å². The SMILES string of the molecule is O=C(OCc1ccc(OC2CCOCC2)nc1)c1cc(-c2cccnc2)nc2ccccc12. The number of hydrogen-bond acceptors (Lipinski definition) is 7. The van der Waals surface area contributed by atoms with E-state index in [0.717, 1.165) is 34.9 Å². The zero-order valence-corrected chi connectivity index (χ0v) is 18.0. The van der Waals surface area contributed by atoms with Crippen LogP contribution in [0.25, 0.3) is 22.2 Å². The highest BCUT2D eigenvalue weighted by Crippen LogP contribution is 2.25. The maximum absolute atomic E-state index is 13.0. The Balaban J connectivity index is 1.31. The van der Waals surface area contributed by atoms with Crippen LogP contribution >= 0.6 is 0 Å². The molecule has 1 aliphatic heterocycles. The fraction of sp³-hybridized carbons (Fsp3) is 0.231. The first kappa shape index (κ1) is 21.0. The summed E-state index contributed by atoms with van der Waals surface area (Å²) in [5.41, 5.74) is 3.48. The van der Waals surface area contributed by atoms with E-state index in [1.54, 1.807) is 30.7 Å². The molecule has 0 radical (unpaired) electrons. The number of esters is 1. The summed E-state index contributed by atoms with van der Waals surface area (Å²) in [5.74, 6) is 0.152. The maximum Gasteiger partial charge on any atom is 0.339 e. The Labute approximate surface area is 191 Å². The van der Waals surface area contributed by atoms with Crippen molar-refractivity contribution in [1.29, 1.82) is 0 Å². The highest BCUT2D eigenvalue weighted by Gasteiger charge is 2.17. The minimum atomic E-state index is -0.415. The average molecular weight is 441 g/mol. The lowest BCUT2D eigenvalue weighted by molar-refractivity contribution is 0.0237. The molecule has 4 aromatic rings. The molecule has 0 N–H and O–H groups in total. The lowest BCUT2D eigenvalue weighted by atomic mass is 10.1. The van der Waals surface area contributed by atoms with Crippen LogP contribution in [0, 0.1) is 0 Å². The summed E-state index contributed by atoms with van der Waals surface area (Å²) in [6.45, 7) is 1.54. The fourth-order valence-corrected chi connectivity index (χ4v) is 3.76. The largest absolute Gasteiger partial charge is 0.474 e. The van der Waals surface area contributed by atoms with Crippen molar-refractivity contribution in [2.45, 2.75) is 25.6 Å². The van der Waals surface area contributed by atoms with E-state index in [2.05, 4.69) is 15.0 Å². The molecule has 1 aromatic carbocycles. The van der Waals surface area contributed by atoms with Crippen LogP contribution in [0.1, 0.15) is 28.8 Å². The molecule has 166 valence electrons. The third-order valence-corrected chi connectivity index (χ3v) is 5.52. The van der Waals surface area contributed by atoms with Crippen molar-refractivity contribution in [1.82, 2.24) is 15.0 Å². The summed E-state index contributed by atoms with van der Waals surface area (Å²) in [6.07, 6.45) is 6.96. The van der Waals surface area contributed by atoms with E-state index in [1.165, 1.54) is 0 Å². The van der Waals surface area contributed by atoms with Crippen LogP contribution in [-0.2, 0) is 16.1 Å². The molecule has 7 heteroatoms. The van der Waals surface area contributed by atoms with Gasteiger partial charge in [0, 0.05) is 54.0 Å². The predicted molar refractivity (Wildman–Crippen MR) is 123 cm³/mol. The van der Waals surface area contributed by atoms with E-state index in [0.29, 0.717) is 30.4 Å². The third kappa shape index (κ3) is 4.99. The number of carbonyl (C=O) groups is 1. The minimum Gasteiger partial charge on any atom is -0.474 e. The second kappa shape index (κ2) is 9.75. The first-order valence-corrected chi connectivity index (χ1v) is 10.9. The average Bonchev–Trinajstić information content (AvgIpc) is 2.88. The van der Waals surface area contributed by atoms with Gasteiger partial charge >= 0.3 is 5.97 Å². The minimum absolute atomic E-state index is 0.113. The zero-order valence-electron chi connectivity index (χ0n) is 18.0. The van der Waals surface area contributed by atoms with Gasteiger partial charge in [0.25, 0.3) is 0 Å². The molecule has 0 amide bonds. The molecule has 0 saturated carbocycles. The zero-order chi connectivity index (χ0) is 22.5.